The second-order valence-corrected chi connectivity index (χ2v) is 4.69. The molecule has 0 aromatic heterocycles. The molecule has 2 N–H and O–H groups in total. The van der Waals surface area contributed by atoms with Gasteiger partial charge in [-0.3, -0.25) is 4.99 Å². The summed E-state index contributed by atoms with van der Waals surface area (Å²) in [4.78, 5) is 4.15. The Morgan fingerprint density at radius 2 is 2.00 bits per heavy atom. The molecule has 0 aliphatic heterocycles. The highest BCUT2D eigenvalue weighted by Gasteiger charge is 2.01. The topological polar surface area (TPSA) is 45.7 Å². The van der Waals surface area contributed by atoms with E-state index in [4.69, 9.17) is 16.3 Å². The van der Waals surface area contributed by atoms with Gasteiger partial charge in [-0.1, -0.05) is 18.5 Å². The van der Waals surface area contributed by atoms with Gasteiger partial charge in [0.2, 0.25) is 0 Å². The summed E-state index contributed by atoms with van der Waals surface area (Å²) in [7, 11) is 1.76. The van der Waals surface area contributed by atoms with Gasteiger partial charge in [0.15, 0.2) is 5.96 Å². The molecule has 1 aromatic carbocycles. The van der Waals surface area contributed by atoms with E-state index >= 15 is 0 Å². The molecule has 1 rings (SSSR count). The fourth-order valence-corrected chi connectivity index (χ4v) is 1.53. The van der Waals surface area contributed by atoms with E-state index in [1.165, 1.54) is 0 Å². The molecule has 0 aliphatic carbocycles. The SMILES string of the molecule is CCC(C)NC(=NC)NCCOc1ccc(Cl)cc1.I. The lowest BCUT2D eigenvalue weighted by atomic mass is 10.3. The molecule has 1 atom stereocenters. The van der Waals surface area contributed by atoms with Crippen molar-refractivity contribution in [2.24, 2.45) is 4.99 Å². The summed E-state index contributed by atoms with van der Waals surface area (Å²) in [5, 5.41) is 7.20. The maximum absolute atomic E-state index is 5.80. The molecule has 0 radical (unpaired) electrons. The van der Waals surface area contributed by atoms with E-state index in [0.717, 1.165) is 18.1 Å². The number of hydrogen-bond donors (Lipinski definition) is 2. The van der Waals surface area contributed by atoms with Crippen LogP contribution in [0.5, 0.6) is 5.75 Å². The van der Waals surface area contributed by atoms with Crippen LogP contribution in [0.1, 0.15) is 20.3 Å². The molecular formula is C14H23ClIN3O. The third-order valence-corrected chi connectivity index (χ3v) is 2.95. The summed E-state index contributed by atoms with van der Waals surface area (Å²) in [5.74, 6) is 1.62. The molecule has 1 aromatic rings. The summed E-state index contributed by atoms with van der Waals surface area (Å²) in [6.45, 7) is 5.52. The number of ether oxygens (including phenoxy) is 1. The predicted octanol–water partition coefficient (Wildman–Crippen LogP) is 3.30. The van der Waals surface area contributed by atoms with Crippen LogP contribution in [-0.4, -0.2) is 32.2 Å². The highest BCUT2D eigenvalue weighted by molar-refractivity contribution is 14.0. The first kappa shape index (κ1) is 19.3. The maximum Gasteiger partial charge on any atom is 0.191 e. The van der Waals surface area contributed by atoms with Crippen molar-refractivity contribution < 1.29 is 4.74 Å². The average molecular weight is 412 g/mol. The lowest BCUT2D eigenvalue weighted by molar-refractivity contribution is 0.321. The van der Waals surface area contributed by atoms with E-state index in [1.54, 1.807) is 7.05 Å². The van der Waals surface area contributed by atoms with Gasteiger partial charge in [-0.05, 0) is 37.6 Å². The van der Waals surface area contributed by atoms with Gasteiger partial charge in [-0.2, -0.15) is 0 Å². The van der Waals surface area contributed by atoms with E-state index in [-0.39, 0.29) is 24.0 Å². The number of nitrogens with one attached hydrogen (secondary N) is 2. The Labute approximate surface area is 143 Å². The summed E-state index contributed by atoms with van der Waals surface area (Å²) < 4.78 is 5.58. The number of halogens is 2. The minimum Gasteiger partial charge on any atom is -0.492 e. The zero-order valence-electron chi connectivity index (χ0n) is 12.1. The largest absolute Gasteiger partial charge is 0.492 e. The molecule has 6 heteroatoms. The number of nitrogens with zero attached hydrogens (tertiary/aromatic N) is 1. The van der Waals surface area contributed by atoms with Crippen molar-refractivity contribution >= 4 is 41.5 Å². The van der Waals surface area contributed by atoms with E-state index in [1.807, 2.05) is 24.3 Å². The first-order chi connectivity index (χ1) is 9.15. The summed E-state index contributed by atoms with van der Waals surface area (Å²) in [6.07, 6.45) is 1.06. The zero-order chi connectivity index (χ0) is 14.1. The molecule has 0 amide bonds. The van der Waals surface area contributed by atoms with Gasteiger partial charge in [0.1, 0.15) is 12.4 Å². The number of benzene rings is 1. The molecule has 114 valence electrons. The van der Waals surface area contributed by atoms with Gasteiger partial charge in [0.05, 0.1) is 6.54 Å². The Balaban J connectivity index is 0.00000361. The monoisotopic (exact) mass is 411 g/mol. The van der Waals surface area contributed by atoms with E-state index in [9.17, 15) is 0 Å². The van der Waals surface area contributed by atoms with Gasteiger partial charge >= 0.3 is 0 Å². The Morgan fingerprint density at radius 1 is 1.35 bits per heavy atom. The van der Waals surface area contributed by atoms with Crippen LogP contribution in [0, 0.1) is 0 Å². The summed E-state index contributed by atoms with van der Waals surface area (Å²) in [5.41, 5.74) is 0. The molecular weight excluding hydrogens is 389 g/mol. The molecule has 20 heavy (non-hydrogen) atoms. The summed E-state index contributed by atoms with van der Waals surface area (Å²) >= 11 is 5.80. The van der Waals surface area contributed by atoms with Gasteiger partial charge in [0, 0.05) is 18.1 Å². The molecule has 4 nitrogen and oxygen atoms in total. The van der Waals surface area contributed by atoms with Crippen LogP contribution in [0.4, 0.5) is 0 Å². The maximum atomic E-state index is 5.80. The van der Waals surface area contributed by atoms with Crippen molar-refractivity contribution in [2.75, 3.05) is 20.2 Å². The molecule has 0 aliphatic rings. The second-order valence-electron chi connectivity index (χ2n) is 4.26. The fraction of sp³-hybridized carbons (Fsp3) is 0.500. The Hall–Kier alpha value is -0.690. The van der Waals surface area contributed by atoms with Crippen molar-refractivity contribution in [2.45, 2.75) is 26.3 Å². The average Bonchev–Trinajstić information content (AvgIpc) is 2.43. The fourth-order valence-electron chi connectivity index (χ4n) is 1.40. The van der Waals surface area contributed by atoms with Crippen LogP contribution < -0.4 is 15.4 Å². The highest BCUT2D eigenvalue weighted by atomic mass is 127. The van der Waals surface area contributed by atoms with Crippen LogP contribution in [-0.2, 0) is 0 Å². The van der Waals surface area contributed by atoms with Crippen molar-refractivity contribution in [1.82, 2.24) is 10.6 Å². The first-order valence-electron chi connectivity index (χ1n) is 6.51. The molecule has 0 spiro atoms. The smallest absolute Gasteiger partial charge is 0.191 e. The number of hydrogen-bond acceptors (Lipinski definition) is 2. The summed E-state index contributed by atoms with van der Waals surface area (Å²) in [6, 6.07) is 7.74. The van der Waals surface area contributed by atoms with Gasteiger partial charge < -0.3 is 15.4 Å². The molecule has 0 saturated heterocycles. The predicted molar refractivity (Wildman–Crippen MR) is 96.6 cm³/mol. The standard InChI is InChI=1S/C14H22ClN3O.HI/c1-4-11(2)18-14(16-3)17-9-10-19-13-7-5-12(15)6-8-13;/h5-8,11H,4,9-10H2,1-3H3,(H2,16,17,18);1H. The van der Waals surface area contributed by atoms with Crippen molar-refractivity contribution in [3.05, 3.63) is 29.3 Å². The minimum atomic E-state index is 0. The van der Waals surface area contributed by atoms with Gasteiger partial charge in [0.25, 0.3) is 0 Å². The molecule has 0 fully saturated rings. The van der Waals surface area contributed by atoms with Crippen LogP contribution in [0.3, 0.4) is 0 Å². The van der Waals surface area contributed by atoms with Crippen molar-refractivity contribution in [3.63, 3.8) is 0 Å². The Kier molecular flexibility index (Phi) is 10.6. The lowest BCUT2D eigenvalue weighted by Crippen LogP contribution is -2.43. The Bertz CT molecular complexity index is 398. The second kappa shape index (κ2) is 11.0. The third kappa shape index (κ3) is 7.79. The molecule has 0 saturated carbocycles. The Morgan fingerprint density at radius 3 is 2.55 bits per heavy atom. The normalized spacial score (nSPS) is 12.3. The lowest BCUT2D eigenvalue weighted by Gasteiger charge is -2.16. The minimum absolute atomic E-state index is 0. The molecule has 0 bridgehead atoms. The number of rotatable bonds is 6. The first-order valence-corrected chi connectivity index (χ1v) is 6.89. The molecule has 1 unspecified atom stereocenters. The van der Waals surface area contributed by atoms with Crippen LogP contribution in [0.25, 0.3) is 0 Å². The zero-order valence-corrected chi connectivity index (χ0v) is 15.2. The third-order valence-electron chi connectivity index (χ3n) is 2.70. The number of aliphatic imine (C=N–C) groups is 1. The van der Waals surface area contributed by atoms with Crippen molar-refractivity contribution in [3.8, 4) is 5.75 Å². The van der Waals surface area contributed by atoms with Crippen LogP contribution in [0.2, 0.25) is 5.02 Å². The number of guanidine groups is 1. The van der Waals surface area contributed by atoms with E-state index < -0.39 is 0 Å². The van der Waals surface area contributed by atoms with Crippen LogP contribution >= 0.6 is 35.6 Å². The van der Waals surface area contributed by atoms with E-state index in [2.05, 4.69) is 29.5 Å². The van der Waals surface area contributed by atoms with Crippen molar-refractivity contribution in [1.29, 1.82) is 0 Å². The van der Waals surface area contributed by atoms with E-state index in [0.29, 0.717) is 24.2 Å². The highest BCUT2D eigenvalue weighted by Crippen LogP contribution is 2.14. The van der Waals surface area contributed by atoms with Crippen LogP contribution in [0.15, 0.2) is 29.3 Å². The molecule has 0 heterocycles. The van der Waals surface area contributed by atoms with Gasteiger partial charge in [-0.15, -0.1) is 24.0 Å². The quantitative estimate of drug-likeness (QED) is 0.327. The van der Waals surface area contributed by atoms with Gasteiger partial charge in [-0.25, -0.2) is 0 Å².